The number of aliphatic hydroxyl groups excluding tert-OH is 1. The topological polar surface area (TPSA) is 23.5 Å². The predicted octanol–water partition coefficient (Wildman–Crippen LogP) is 3.58. The largest absolute Gasteiger partial charge is 0.391 e. The van der Waals surface area contributed by atoms with Crippen molar-refractivity contribution in [2.45, 2.75) is 82.3 Å². The fourth-order valence-electron chi connectivity index (χ4n) is 4.24. The zero-order valence-corrected chi connectivity index (χ0v) is 12.3. The molecule has 1 N–H and O–H groups in total. The smallest absolute Gasteiger partial charge is 0.0751 e. The van der Waals surface area contributed by atoms with Crippen LogP contribution in [0, 0.1) is 5.92 Å². The zero-order chi connectivity index (χ0) is 13.0. The van der Waals surface area contributed by atoms with Crippen molar-refractivity contribution in [1.82, 2.24) is 4.90 Å². The standard InChI is InChI=1S/C16H31NO/c1-17(2)16(12-8-5-9-13-16)15(18)14-10-6-3-4-7-11-14/h14-15,18H,3-13H2,1-2H3. The van der Waals surface area contributed by atoms with Crippen LogP contribution in [-0.4, -0.2) is 35.7 Å². The number of rotatable bonds is 3. The first-order valence-electron chi connectivity index (χ1n) is 8.02. The lowest BCUT2D eigenvalue weighted by Crippen LogP contribution is -2.57. The normalized spacial score (nSPS) is 28.0. The molecule has 2 heteroatoms. The Labute approximate surface area is 113 Å². The van der Waals surface area contributed by atoms with Gasteiger partial charge in [0.1, 0.15) is 0 Å². The number of likely N-dealkylation sites (N-methyl/N-ethyl adjacent to an activating group) is 1. The molecule has 0 saturated heterocycles. The molecule has 0 spiro atoms. The zero-order valence-electron chi connectivity index (χ0n) is 12.3. The van der Waals surface area contributed by atoms with Crippen LogP contribution in [-0.2, 0) is 0 Å². The second kappa shape index (κ2) is 6.38. The highest BCUT2D eigenvalue weighted by Crippen LogP contribution is 2.40. The Hall–Kier alpha value is -0.0800. The Morgan fingerprint density at radius 2 is 1.39 bits per heavy atom. The van der Waals surface area contributed by atoms with Gasteiger partial charge in [-0.05, 0) is 45.7 Å². The minimum Gasteiger partial charge on any atom is -0.391 e. The summed E-state index contributed by atoms with van der Waals surface area (Å²) in [7, 11) is 4.34. The number of nitrogens with zero attached hydrogens (tertiary/aromatic N) is 1. The average Bonchev–Trinajstić information content (AvgIpc) is 2.67. The van der Waals surface area contributed by atoms with Gasteiger partial charge in [-0.2, -0.15) is 0 Å². The quantitative estimate of drug-likeness (QED) is 0.777. The molecule has 2 saturated carbocycles. The van der Waals surface area contributed by atoms with E-state index in [-0.39, 0.29) is 11.6 Å². The highest BCUT2D eigenvalue weighted by Gasteiger charge is 2.44. The summed E-state index contributed by atoms with van der Waals surface area (Å²) in [6, 6.07) is 0. The van der Waals surface area contributed by atoms with Crippen molar-refractivity contribution in [2.75, 3.05) is 14.1 Å². The van der Waals surface area contributed by atoms with Crippen molar-refractivity contribution >= 4 is 0 Å². The fourth-order valence-corrected chi connectivity index (χ4v) is 4.24. The molecular formula is C16H31NO. The maximum atomic E-state index is 11.0. The molecule has 0 aromatic heterocycles. The van der Waals surface area contributed by atoms with Gasteiger partial charge >= 0.3 is 0 Å². The van der Waals surface area contributed by atoms with Crippen LogP contribution in [0.3, 0.4) is 0 Å². The van der Waals surface area contributed by atoms with Crippen LogP contribution in [0.25, 0.3) is 0 Å². The molecule has 2 nitrogen and oxygen atoms in total. The van der Waals surface area contributed by atoms with E-state index in [1.807, 2.05) is 0 Å². The molecule has 106 valence electrons. The maximum Gasteiger partial charge on any atom is 0.0751 e. The SMILES string of the molecule is CN(C)C1(C(O)C2CCCCCC2)CCCCC1. The van der Waals surface area contributed by atoms with Crippen molar-refractivity contribution in [3.05, 3.63) is 0 Å². The number of hydrogen-bond acceptors (Lipinski definition) is 2. The van der Waals surface area contributed by atoms with Gasteiger partial charge in [-0.3, -0.25) is 0 Å². The van der Waals surface area contributed by atoms with E-state index >= 15 is 0 Å². The van der Waals surface area contributed by atoms with Gasteiger partial charge in [0.15, 0.2) is 0 Å². The Morgan fingerprint density at radius 1 is 0.889 bits per heavy atom. The number of hydrogen-bond donors (Lipinski definition) is 1. The molecule has 0 bridgehead atoms. The first kappa shape index (κ1) is 14.3. The molecule has 0 amide bonds. The van der Waals surface area contributed by atoms with Crippen LogP contribution in [0.1, 0.15) is 70.6 Å². The van der Waals surface area contributed by atoms with E-state index in [1.165, 1.54) is 70.6 Å². The van der Waals surface area contributed by atoms with Crippen molar-refractivity contribution in [2.24, 2.45) is 5.92 Å². The summed E-state index contributed by atoms with van der Waals surface area (Å²) in [4.78, 5) is 2.34. The van der Waals surface area contributed by atoms with Gasteiger partial charge in [0.05, 0.1) is 6.10 Å². The van der Waals surface area contributed by atoms with Gasteiger partial charge in [0, 0.05) is 5.54 Å². The molecule has 2 aliphatic rings. The molecule has 18 heavy (non-hydrogen) atoms. The fraction of sp³-hybridized carbons (Fsp3) is 1.00. The molecule has 0 aromatic rings. The maximum absolute atomic E-state index is 11.0. The van der Waals surface area contributed by atoms with Crippen LogP contribution >= 0.6 is 0 Å². The van der Waals surface area contributed by atoms with Crippen molar-refractivity contribution in [1.29, 1.82) is 0 Å². The summed E-state index contributed by atoms with van der Waals surface area (Å²) in [5.41, 5.74) is 0.0766. The third kappa shape index (κ3) is 2.91. The van der Waals surface area contributed by atoms with Crippen LogP contribution < -0.4 is 0 Å². The third-order valence-electron chi connectivity index (χ3n) is 5.51. The monoisotopic (exact) mass is 253 g/mol. The van der Waals surface area contributed by atoms with Crippen molar-refractivity contribution < 1.29 is 5.11 Å². The Balaban J connectivity index is 2.08. The molecule has 0 radical (unpaired) electrons. The third-order valence-corrected chi connectivity index (χ3v) is 5.51. The lowest BCUT2D eigenvalue weighted by atomic mass is 9.71. The summed E-state index contributed by atoms with van der Waals surface area (Å²) in [6.45, 7) is 0. The van der Waals surface area contributed by atoms with Gasteiger partial charge in [0.25, 0.3) is 0 Å². The minimum absolute atomic E-state index is 0.0766. The lowest BCUT2D eigenvalue weighted by Gasteiger charge is -2.48. The van der Waals surface area contributed by atoms with E-state index in [9.17, 15) is 5.11 Å². The highest BCUT2D eigenvalue weighted by molar-refractivity contribution is 4.99. The van der Waals surface area contributed by atoms with E-state index in [1.54, 1.807) is 0 Å². The summed E-state index contributed by atoms with van der Waals surface area (Å²) >= 11 is 0. The van der Waals surface area contributed by atoms with E-state index in [0.29, 0.717) is 5.92 Å². The van der Waals surface area contributed by atoms with E-state index in [0.717, 1.165) is 0 Å². The molecule has 2 rings (SSSR count). The van der Waals surface area contributed by atoms with E-state index in [2.05, 4.69) is 19.0 Å². The Kier molecular flexibility index (Phi) is 5.08. The Morgan fingerprint density at radius 3 is 1.89 bits per heavy atom. The minimum atomic E-state index is -0.106. The molecule has 0 aliphatic heterocycles. The van der Waals surface area contributed by atoms with Crippen LogP contribution in [0.5, 0.6) is 0 Å². The second-order valence-electron chi connectivity index (χ2n) is 6.76. The van der Waals surface area contributed by atoms with Crippen molar-refractivity contribution in [3.8, 4) is 0 Å². The molecule has 2 aliphatic carbocycles. The van der Waals surface area contributed by atoms with Gasteiger partial charge in [-0.25, -0.2) is 0 Å². The molecular weight excluding hydrogens is 222 g/mol. The number of aliphatic hydroxyl groups is 1. The summed E-state index contributed by atoms with van der Waals surface area (Å²) < 4.78 is 0. The summed E-state index contributed by atoms with van der Waals surface area (Å²) in [6.07, 6.45) is 14.1. The molecule has 1 atom stereocenters. The lowest BCUT2D eigenvalue weighted by molar-refractivity contribution is -0.0653. The average molecular weight is 253 g/mol. The van der Waals surface area contributed by atoms with E-state index in [4.69, 9.17) is 0 Å². The van der Waals surface area contributed by atoms with Gasteiger partial charge in [-0.15, -0.1) is 0 Å². The predicted molar refractivity (Wildman–Crippen MR) is 76.7 cm³/mol. The van der Waals surface area contributed by atoms with Crippen LogP contribution in [0.15, 0.2) is 0 Å². The molecule has 1 unspecified atom stereocenters. The Bertz CT molecular complexity index is 237. The summed E-state index contributed by atoms with van der Waals surface area (Å²) in [5, 5.41) is 11.0. The first-order valence-corrected chi connectivity index (χ1v) is 8.02. The van der Waals surface area contributed by atoms with E-state index < -0.39 is 0 Å². The summed E-state index contributed by atoms with van der Waals surface area (Å²) in [5.74, 6) is 0.549. The van der Waals surface area contributed by atoms with Gasteiger partial charge < -0.3 is 10.0 Å². The molecule has 2 fully saturated rings. The van der Waals surface area contributed by atoms with Gasteiger partial charge in [0.2, 0.25) is 0 Å². The molecule has 0 aromatic carbocycles. The van der Waals surface area contributed by atoms with Gasteiger partial charge in [-0.1, -0.05) is 44.9 Å². The van der Waals surface area contributed by atoms with Crippen molar-refractivity contribution in [3.63, 3.8) is 0 Å². The first-order chi connectivity index (χ1) is 8.67. The van der Waals surface area contributed by atoms with Crippen LogP contribution in [0.4, 0.5) is 0 Å². The van der Waals surface area contributed by atoms with Crippen LogP contribution in [0.2, 0.25) is 0 Å². The second-order valence-corrected chi connectivity index (χ2v) is 6.76. The molecule has 0 heterocycles. The highest BCUT2D eigenvalue weighted by atomic mass is 16.3.